The molecule has 8 heteroatoms. The van der Waals surface area contributed by atoms with Crippen LogP contribution in [0.1, 0.15) is 34.3 Å². The van der Waals surface area contributed by atoms with E-state index in [1.807, 2.05) is 26.0 Å². The van der Waals surface area contributed by atoms with Crippen LogP contribution in [0.15, 0.2) is 41.3 Å². The second-order valence-corrected chi connectivity index (χ2v) is 9.79. The Labute approximate surface area is 175 Å². The van der Waals surface area contributed by atoms with Crippen molar-refractivity contribution in [2.45, 2.75) is 37.6 Å². The highest BCUT2D eigenvalue weighted by Crippen LogP contribution is 2.25. The normalized spacial score (nSPS) is 16.1. The lowest BCUT2D eigenvalue weighted by Gasteiger charge is -2.32. The van der Waals surface area contributed by atoms with E-state index in [2.05, 4.69) is 5.32 Å². The molecule has 0 unspecified atom stereocenters. The number of piperidine rings is 1. The summed E-state index contributed by atoms with van der Waals surface area (Å²) in [7, 11) is -3.54. The number of nitrogens with one attached hydrogen (secondary N) is 1. The molecule has 1 fully saturated rings. The fourth-order valence-corrected chi connectivity index (χ4v) is 5.45. The van der Waals surface area contributed by atoms with E-state index in [1.54, 1.807) is 18.2 Å². The summed E-state index contributed by atoms with van der Waals surface area (Å²) >= 11 is 12.0. The lowest BCUT2D eigenvalue weighted by molar-refractivity contribution is 0.0924. The second kappa shape index (κ2) is 8.41. The number of carbonyl (C=O) groups is 1. The first-order chi connectivity index (χ1) is 13.2. The standard InChI is InChI=1S/C20H22Cl2N2O3S/c1-13-3-6-19(14(2)11-13)28(26,27)24-9-7-16(8-10-24)23-20(25)17-12-15(21)4-5-18(17)22/h3-6,11-12,16H,7-10H2,1-2H3,(H,23,25). The van der Waals surface area contributed by atoms with Crippen LogP contribution in [0.3, 0.4) is 0 Å². The van der Waals surface area contributed by atoms with E-state index in [4.69, 9.17) is 23.2 Å². The van der Waals surface area contributed by atoms with Crippen molar-refractivity contribution in [3.05, 3.63) is 63.1 Å². The molecule has 150 valence electrons. The van der Waals surface area contributed by atoms with Crippen molar-refractivity contribution in [2.75, 3.05) is 13.1 Å². The molecule has 1 N–H and O–H groups in total. The Morgan fingerprint density at radius 3 is 2.39 bits per heavy atom. The second-order valence-electron chi connectivity index (χ2n) is 7.04. The number of benzene rings is 2. The van der Waals surface area contributed by atoms with E-state index < -0.39 is 10.0 Å². The van der Waals surface area contributed by atoms with Crippen molar-refractivity contribution >= 4 is 39.1 Å². The van der Waals surface area contributed by atoms with Gasteiger partial charge in [-0.05, 0) is 56.5 Å². The number of amides is 1. The zero-order chi connectivity index (χ0) is 20.5. The van der Waals surface area contributed by atoms with Crippen molar-refractivity contribution < 1.29 is 13.2 Å². The van der Waals surface area contributed by atoms with Gasteiger partial charge in [-0.15, -0.1) is 0 Å². The molecule has 0 saturated carbocycles. The Hall–Kier alpha value is -1.60. The van der Waals surface area contributed by atoms with Gasteiger partial charge in [0.15, 0.2) is 0 Å². The van der Waals surface area contributed by atoms with Crippen LogP contribution in [0, 0.1) is 13.8 Å². The summed E-state index contributed by atoms with van der Waals surface area (Å²) in [5.41, 5.74) is 2.09. The molecule has 28 heavy (non-hydrogen) atoms. The average molecular weight is 441 g/mol. The predicted octanol–water partition coefficient (Wildman–Crippen LogP) is 4.19. The van der Waals surface area contributed by atoms with Crippen LogP contribution in [-0.2, 0) is 10.0 Å². The number of carbonyl (C=O) groups excluding carboxylic acids is 1. The van der Waals surface area contributed by atoms with Gasteiger partial charge in [0.1, 0.15) is 0 Å². The molecule has 0 aromatic heterocycles. The largest absolute Gasteiger partial charge is 0.349 e. The van der Waals surface area contributed by atoms with Gasteiger partial charge in [-0.25, -0.2) is 8.42 Å². The fourth-order valence-electron chi connectivity index (χ4n) is 3.40. The van der Waals surface area contributed by atoms with E-state index in [1.165, 1.54) is 10.4 Å². The lowest BCUT2D eigenvalue weighted by atomic mass is 10.1. The van der Waals surface area contributed by atoms with Crippen LogP contribution in [0.25, 0.3) is 0 Å². The highest BCUT2D eigenvalue weighted by atomic mass is 35.5. The van der Waals surface area contributed by atoms with Gasteiger partial charge < -0.3 is 5.32 Å². The topological polar surface area (TPSA) is 66.5 Å². The van der Waals surface area contributed by atoms with Crippen LogP contribution in [0.5, 0.6) is 0 Å². The molecule has 0 spiro atoms. The molecule has 5 nitrogen and oxygen atoms in total. The van der Waals surface area contributed by atoms with Crippen LogP contribution < -0.4 is 5.32 Å². The number of sulfonamides is 1. The summed E-state index contributed by atoms with van der Waals surface area (Å²) in [6.45, 7) is 4.44. The Bertz CT molecular complexity index is 1000. The molecule has 1 saturated heterocycles. The quantitative estimate of drug-likeness (QED) is 0.774. The van der Waals surface area contributed by atoms with Gasteiger partial charge in [0.05, 0.1) is 15.5 Å². The van der Waals surface area contributed by atoms with Crippen molar-refractivity contribution in [1.29, 1.82) is 0 Å². The van der Waals surface area contributed by atoms with Gasteiger partial charge in [0, 0.05) is 24.2 Å². The minimum Gasteiger partial charge on any atom is -0.349 e. The van der Waals surface area contributed by atoms with E-state index in [-0.39, 0.29) is 11.9 Å². The maximum Gasteiger partial charge on any atom is 0.253 e. The van der Waals surface area contributed by atoms with Crippen molar-refractivity contribution in [3.8, 4) is 0 Å². The number of aryl methyl sites for hydroxylation is 2. The third-order valence-electron chi connectivity index (χ3n) is 4.91. The first kappa shape index (κ1) is 21.1. The third kappa shape index (κ3) is 4.51. The summed E-state index contributed by atoms with van der Waals surface area (Å²) in [6, 6.07) is 9.95. The summed E-state index contributed by atoms with van der Waals surface area (Å²) in [4.78, 5) is 12.8. The molecule has 3 rings (SSSR count). The summed E-state index contributed by atoms with van der Waals surface area (Å²) < 4.78 is 27.4. The van der Waals surface area contributed by atoms with Gasteiger partial charge in [0.2, 0.25) is 10.0 Å². The van der Waals surface area contributed by atoms with Crippen LogP contribution in [-0.4, -0.2) is 37.8 Å². The summed E-state index contributed by atoms with van der Waals surface area (Å²) in [6.07, 6.45) is 1.07. The fraction of sp³-hybridized carbons (Fsp3) is 0.350. The molecular formula is C20H22Cl2N2O3S. The predicted molar refractivity (Wildman–Crippen MR) is 112 cm³/mol. The molecule has 1 aliphatic heterocycles. The Morgan fingerprint density at radius 2 is 1.75 bits per heavy atom. The van der Waals surface area contributed by atoms with Crippen LogP contribution in [0.2, 0.25) is 10.0 Å². The first-order valence-corrected chi connectivity index (χ1v) is 11.2. The van der Waals surface area contributed by atoms with Crippen molar-refractivity contribution in [1.82, 2.24) is 9.62 Å². The van der Waals surface area contributed by atoms with Crippen molar-refractivity contribution in [2.24, 2.45) is 0 Å². The molecule has 1 amide bonds. The minimum absolute atomic E-state index is 0.117. The SMILES string of the molecule is Cc1ccc(S(=O)(=O)N2CCC(NC(=O)c3cc(Cl)ccc3Cl)CC2)c(C)c1. The molecule has 0 bridgehead atoms. The smallest absolute Gasteiger partial charge is 0.253 e. The summed E-state index contributed by atoms with van der Waals surface area (Å²) in [5, 5.41) is 3.69. The van der Waals surface area contributed by atoms with E-state index in [9.17, 15) is 13.2 Å². The molecule has 0 atom stereocenters. The maximum atomic E-state index is 13.0. The molecule has 1 heterocycles. The number of halogens is 2. The molecule has 2 aromatic rings. The Balaban J connectivity index is 1.65. The first-order valence-electron chi connectivity index (χ1n) is 9.02. The van der Waals surface area contributed by atoms with E-state index >= 15 is 0 Å². The highest BCUT2D eigenvalue weighted by molar-refractivity contribution is 7.89. The Kier molecular flexibility index (Phi) is 6.34. The maximum absolute atomic E-state index is 13.0. The van der Waals surface area contributed by atoms with Crippen LogP contribution in [0.4, 0.5) is 0 Å². The van der Waals surface area contributed by atoms with Crippen LogP contribution >= 0.6 is 23.2 Å². The molecule has 0 aliphatic carbocycles. The van der Waals surface area contributed by atoms with Gasteiger partial charge in [-0.2, -0.15) is 4.31 Å². The monoisotopic (exact) mass is 440 g/mol. The molecular weight excluding hydrogens is 419 g/mol. The lowest BCUT2D eigenvalue weighted by Crippen LogP contribution is -2.46. The average Bonchev–Trinajstić information content (AvgIpc) is 2.63. The minimum atomic E-state index is -3.54. The number of nitrogens with zero attached hydrogens (tertiary/aromatic N) is 1. The van der Waals surface area contributed by atoms with E-state index in [0.29, 0.717) is 46.4 Å². The Morgan fingerprint density at radius 1 is 1.07 bits per heavy atom. The van der Waals surface area contributed by atoms with Crippen molar-refractivity contribution in [3.63, 3.8) is 0 Å². The van der Waals surface area contributed by atoms with Gasteiger partial charge in [-0.1, -0.05) is 40.9 Å². The molecule has 1 aliphatic rings. The summed E-state index contributed by atoms with van der Waals surface area (Å²) in [5.74, 6) is -0.303. The van der Waals surface area contributed by atoms with Gasteiger partial charge >= 0.3 is 0 Å². The van der Waals surface area contributed by atoms with Gasteiger partial charge in [-0.3, -0.25) is 4.79 Å². The molecule has 0 radical (unpaired) electrons. The zero-order valence-corrected chi connectivity index (χ0v) is 18.0. The van der Waals surface area contributed by atoms with Gasteiger partial charge in [0.25, 0.3) is 5.91 Å². The van der Waals surface area contributed by atoms with E-state index in [0.717, 1.165) is 11.1 Å². The highest BCUT2D eigenvalue weighted by Gasteiger charge is 2.31. The third-order valence-corrected chi connectivity index (χ3v) is 7.53. The number of hydrogen-bond acceptors (Lipinski definition) is 3. The molecule has 2 aromatic carbocycles. The number of hydrogen-bond donors (Lipinski definition) is 1. The zero-order valence-electron chi connectivity index (χ0n) is 15.7. The number of rotatable bonds is 4.